The van der Waals surface area contributed by atoms with Crippen molar-refractivity contribution >= 4 is 0 Å². The molecule has 0 aromatic rings. The van der Waals surface area contributed by atoms with Crippen molar-refractivity contribution in [2.24, 2.45) is 5.41 Å². The van der Waals surface area contributed by atoms with E-state index in [1.54, 1.807) is 0 Å². The number of likely N-dealkylation sites (tertiary alicyclic amines) is 1. The molecule has 15 heavy (non-hydrogen) atoms. The van der Waals surface area contributed by atoms with Crippen LogP contribution < -0.4 is 0 Å². The average molecular weight is 206 g/mol. The van der Waals surface area contributed by atoms with Crippen molar-refractivity contribution in [2.75, 3.05) is 13.1 Å². The molecule has 1 aliphatic carbocycles. The minimum atomic E-state index is 0.530. The molecule has 1 unspecified atom stereocenters. The summed E-state index contributed by atoms with van der Waals surface area (Å²) in [5, 5.41) is 8.76. The second-order valence-corrected chi connectivity index (χ2v) is 5.39. The summed E-state index contributed by atoms with van der Waals surface area (Å²) >= 11 is 0. The van der Waals surface area contributed by atoms with Gasteiger partial charge in [-0.1, -0.05) is 26.2 Å². The lowest BCUT2D eigenvalue weighted by Gasteiger charge is -2.55. The zero-order valence-electron chi connectivity index (χ0n) is 9.84. The fraction of sp³-hybridized carbons (Fsp3) is 0.923. The molecule has 0 N–H and O–H groups in total. The molecule has 1 aliphatic heterocycles. The van der Waals surface area contributed by atoms with Crippen LogP contribution in [0.1, 0.15) is 51.9 Å². The Bertz CT molecular complexity index is 240. The molecule has 0 amide bonds. The summed E-state index contributed by atoms with van der Waals surface area (Å²) in [5.74, 6) is 0. The van der Waals surface area contributed by atoms with Gasteiger partial charge in [0, 0.05) is 19.1 Å². The normalized spacial score (nSPS) is 26.9. The van der Waals surface area contributed by atoms with Gasteiger partial charge < -0.3 is 0 Å². The highest BCUT2D eigenvalue weighted by Gasteiger charge is 2.44. The first kappa shape index (κ1) is 11.0. The smallest absolute Gasteiger partial charge is 0.0638 e. The minimum Gasteiger partial charge on any atom is -0.298 e. The lowest BCUT2D eigenvalue weighted by atomic mass is 9.68. The largest absolute Gasteiger partial charge is 0.298 e. The van der Waals surface area contributed by atoms with E-state index in [2.05, 4.69) is 17.9 Å². The Morgan fingerprint density at radius 3 is 2.47 bits per heavy atom. The lowest BCUT2D eigenvalue weighted by molar-refractivity contribution is -0.0546. The van der Waals surface area contributed by atoms with E-state index in [1.807, 2.05) is 0 Å². The van der Waals surface area contributed by atoms with Gasteiger partial charge in [0.1, 0.15) is 0 Å². The fourth-order valence-corrected chi connectivity index (χ4v) is 3.33. The van der Waals surface area contributed by atoms with Gasteiger partial charge in [-0.05, 0) is 24.7 Å². The van der Waals surface area contributed by atoms with Crippen LogP contribution >= 0.6 is 0 Å². The van der Waals surface area contributed by atoms with Gasteiger partial charge >= 0.3 is 0 Å². The van der Waals surface area contributed by atoms with Gasteiger partial charge in [0.15, 0.2) is 0 Å². The second-order valence-electron chi connectivity index (χ2n) is 5.39. The summed E-state index contributed by atoms with van der Waals surface area (Å²) in [6.07, 6.45) is 9.03. The Labute approximate surface area is 93.3 Å². The summed E-state index contributed by atoms with van der Waals surface area (Å²) in [4.78, 5) is 2.54. The molecule has 2 rings (SSSR count). The van der Waals surface area contributed by atoms with Crippen molar-refractivity contribution in [3.05, 3.63) is 0 Å². The number of hydrogen-bond donors (Lipinski definition) is 0. The van der Waals surface area contributed by atoms with Crippen LogP contribution in [0.15, 0.2) is 0 Å². The van der Waals surface area contributed by atoms with Crippen molar-refractivity contribution in [2.45, 2.75) is 57.9 Å². The molecule has 84 valence electrons. The Hall–Kier alpha value is -0.550. The van der Waals surface area contributed by atoms with E-state index in [0.717, 1.165) is 6.42 Å². The van der Waals surface area contributed by atoms with Crippen molar-refractivity contribution in [1.29, 1.82) is 5.26 Å². The molecule has 1 heterocycles. The summed E-state index contributed by atoms with van der Waals surface area (Å²) in [5.41, 5.74) is 0.668. The molecule has 2 fully saturated rings. The third-order valence-electron chi connectivity index (χ3n) is 4.31. The molecule has 0 radical (unpaired) electrons. The van der Waals surface area contributed by atoms with Crippen molar-refractivity contribution in [3.63, 3.8) is 0 Å². The molecule has 1 saturated heterocycles. The molecule has 0 bridgehead atoms. The van der Waals surface area contributed by atoms with Crippen LogP contribution in [0.2, 0.25) is 0 Å². The average Bonchev–Trinajstić information content (AvgIpc) is 2.24. The number of rotatable bonds is 3. The summed E-state index contributed by atoms with van der Waals surface area (Å²) in [6.45, 7) is 4.74. The van der Waals surface area contributed by atoms with E-state index in [4.69, 9.17) is 5.26 Å². The van der Waals surface area contributed by atoms with Gasteiger partial charge in [-0.3, -0.25) is 4.90 Å². The summed E-state index contributed by atoms with van der Waals surface area (Å²) < 4.78 is 0. The van der Waals surface area contributed by atoms with Crippen molar-refractivity contribution in [3.8, 4) is 6.07 Å². The highest BCUT2D eigenvalue weighted by atomic mass is 15.2. The van der Waals surface area contributed by atoms with Gasteiger partial charge in [-0.25, -0.2) is 0 Å². The van der Waals surface area contributed by atoms with E-state index in [-0.39, 0.29) is 0 Å². The van der Waals surface area contributed by atoms with E-state index in [1.165, 1.54) is 45.2 Å². The first-order valence-corrected chi connectivity index (χ1v) is 6.41. The van der Waals surface area contributed by atoms with E-state index >= 15 is 0 Å². The highest BCUT2D eigenvalue weighted by Crippen LogP contribution is 2.44. The molecular weight excluding hydrogens is 184 g/mol. The summed E-state index contributed by atoms with van der Waals surface area (Å²) in [7, 11) is 0. The first-order chi connectivity index (χ1) is 7.29. The van der Waals surface area contributed by atoms with Crippen LogP contribution in [0.25, 0.3) is 0 Å². The maximum absolute atomic E-state index is 8.76. The molecule has 2 heteroatoms. The van der Waals surface area contributed by atoms with Gasteiger partial charge in [0.2, 0.25) is 0 Å². The molecule has 1 atom stereocenters. The predicted octanol–water partition coefficient (Wildman–Crippen LogP) is 2.94. The van der Waals surface area contributed by atoms with E-state index in [9.17, 15) is 0 Å². The molecule has 2 nitrogen and oxygen atoms in total. The second kappa shape index (κ2) is 4.53. The fourth-order valence-electron chi connectivity index (χ4n) is 3.33. The monoisotopic (exact) mass is 206 g/mol. The molecule has 0 aromatic heterocycles. The van der Waals surface area contributed by atoms with Crippen LogP contribution in [0.3, 0.4) is 0 Å². The van der Waals surface area contributed by atoms with Crippen molar-refractivity contribution in [1.82, 2.24) is 4.90 Å². The standard InChI is InChI=1S/C13H22N2/c1-2-12(6-9-14)15-10-13(11-15)7-4-3-5-8-13/h12H,2-8,10-11H2,1H3. The Morgan fingerprint density at radius 2 is 1.93 bits per heavy atom. The maximum Gasteiger partial charge on any atom is 0.0638 e. The first-order valence-electron chi connectivity index (χ1n) is 6.41. The molecule has 1 spiro atoms. The van der Waals surface area contributed by atoms with Crippen LogP contribution in [-0.2, 0) is 0 Å². The number of nitriles is 1. The quantitative estimate of drug-likeness (QED) is 0.710. The Balaban J connectivity index is 1.83. The SMILES string of the molecule is CCC(CC#N)N1CC2(CCCCC2)C1. The molecule has 2 aliphatic rings. The van der Waals surface area contributed by atoms with Crippen molar-refractivity contribution < 1.29 is 0 Å². The topological polar surface area (TPSA) is 27.0 Å². The molecule has 1 saturated carbocycles. The van der Waals surface area contributed by atoms with Gasteiger partial charge in [-0.2, -0.15) is 5.26 Å². The van der Waals surface area contributed by atoms with E-state index in [0.29, 0.717) is 17.9 Å². The highest BCUT2D eigenvalue weighted by molar-refractivity contribution is 4.99. The lowest BCUT2D eigenvalue weighted by Crippen LogP contribution is -2.60. The van der Waals surface area contributed by atoms with Gasteiger partial charge in [0.25, 0.3) is 0 Å². The van der Waals surface area contributed by atoms with Crippen LogP contribution in [0.4, 0.5) is 0 Å². The predicted molar refractivity (Wildman–Crippen MR) is 61.4 cm³/mol. The third-order valence-corrected chi connectivity index (χ3v) is 4.31. The van der Waals surface area contributed by atoms with Crippen LogP contribution in [0.5, 0.6) is 0 Å². The van der Waals surface area contributed by atoms with Crippen LogP contribution in [-0.4, -0.2) is 24.0 Å². The third kappa shape index (κ3) is 2.18. The Morgan fingerprint density at radius 1 is 1.27 bits per heavy atom. The Kier molecular flexibility index (Phi) is 3.31. The maximum atomic E-state index is 8.76. The van der Waals surface area contributed by atoms with Gasteiger partial charge in [0.05, 0.1) is 12.5 Å². The number of nitrogens with zero attached hydrogens (tertiary/aromatic N) is 2. The number of hydrogen-bond acceptors (Lipinski definition) is 2. The van der Waals surface area contributed by atoms with Gasteiger partial charge in [-0.15, -0.1) is 0 Å². The molecular formula is C13H22N2. The van der Waals surface area contributed by atoms with E-state index < -0.39 is 0 Å². The molecule has 0 aromatic carbocycles. The zero-order chi connectivity index (χ0) is 10.7. The zero-order valence-corrected chi connectivity index (χ0v) is 9.84. The summed E-state index contributed by atoms with van der Waals surface area (Å²) in [6, 6.07) is 2.85. The minimum absolute atomic E-state index is 0.530. The van der Waals surface area contributed by atoms with Crippen LogP contribution in [0, 0.1) is 16.7 Å².